The van der Waals surface area contributed by atoms with Crippen LogP contribution >= 0.6 is 0 Å². The van der Waals surface area contributed by atoms with E-state index in [9.17, 15) is 0 Å². The van der Waals surface area contributed by atoms with E-state index in [1.54, 1.807) is 13.8 Å². The molecule has 0 amide bonds. The summed E-state index contributed by atoms with van der Waals surface area (Å²) in [4.78, 5) is 3.91. The molecule has 4 heteroatoms. The average Bonchev–Trinajstić information content (AvgIpc) is 2.14. The molecule has 0 aliphatic carbocycles. The number of aromatic nitrogens is 2. The van der Waals surface area contributed by atoms with Crippen molar-refractivity contribution >= 4 is 0 Å². The molecule has 1 atom stereocenters. The number of nitrogens with zero attached hydrogens (tertiary/aromatic N) is 2. The predicted octanol–water partition coefficient (Wildman–Crippen LogP) is 0.398. The Hall–Kier alpha value is -0.900. The number of rotatable bonds is 1. The van der Waals surface area contributed by atoms with E-state index in [0.717, 1.165) is 0 Å². The van der Waals surface area contributed by atoms with Gasteiger partial charge in [-0.2, -0.15) is 4.98 Å². The number of nitrogens with two attached hydrogens (primary N) is 1. The minimum absolute atomic E-state index is 0.161. The van der Waals surface area contributed by atoms with Crippen LogP contribution in [0.5, 0.6) is 0 Å². The van der Waals surface area contributed by atoms with Crippen LogP contribution in [-0.4, -0.2) is 10.1 Å². The fraction of sp³-hybridized carbons (Fsp3) is 0.600. The van der Waals surface area contributed by atoms with Gasteiger partial charge in [-0.15, -0.1) is 0 Å². The molecule has 0 spiro atoms. The van der Waals surface area contributed by atoms with Crippen molar-refractivity contribution in [3.05, 3.63) is 11.7 Å². The third-order valence-corrected chi connectivity index (χ3v) is 0.933. The smallest absolute Gasteiger partial charge is 0.243 e. The van der Waals surface area contributed by atoms with Crippen molar-refractivity contribution in [3.63, 3.8) is 0 Å². The van der Waals surface area contributed by atoms with E-state index in [2.05, 4.69) is 10.1 Å². The van der Waals surface area contributed by atoms with Crippen molar-refractivity contribution in [2.75, 3.05) is 0 Å². The molecular formula is C5H9N3O. The Morgan fingerprint density at radius 2 is 2.33 bits per heavy atom. The van der Waals surface area contributed by atoms with Crippen molar-refractivity contribution in [3.8, 4) is 0 Å². The van der Waals surface area contributed by atoms with Crippen LogP contribution in [0.3, 0.4) is 0 Å². The van der Waals surface area contributed by atoms with Gasteiger partial charge < -0.3 is 10.3 Å². The van der Waals surface area contributed by atoms with Gasteiger partial charge in [-0.3, -0.25) is 0 Å². The molecule has 0 saturated heterocycles. The van der Waals surface area contributed by atoms with E-state index in [-0.39, 0.29) is 6.04 Å². The van der Waals surface area contributed by atoms with Gasteiger partial charge in [-0.1, -0.05) is 5.16 Å². The molecule has 1 aromatic heterocycles. The summed E-state index contributed by atoms with van der Waals surface area (Å²) < 4.78 is 4.74. The molecule has 0 aromatic carbocycles. The lowest BCUT2D eigenvalue weighted by molar-refractivity contribution is 0.358. The van der Waals surface area contributed by atoms with Crippen LogP contribution in [0, 0.1) is 6.92 Å². The first kappa shape index (κ1) is 6.22. The molecule has 1 unspecified atom stereocenters. The Kier molecular flexibility index (Phi) is 1.48. The van der Waals surface area contributed by atoms with Gasteiger partial charge >= 0.3 is 0 Å². The monoisotopic (exact) mass is 127 g/mol. The zero-order valence-corrected chi connectivity index (χ0v) is 5.46. The van der Waals surface area contributed by atoms with Crippen LogP contribution < -0.4 is 5.73 Å². The number of hydrogen-bond acceptors (Lipinski definition) is 4. The van der Waals surface area contributed by atoms with E-state index >= 15 is 0 Å². The van der Waals surface area contributed by atoms with Crippen molar-refractivity contribution in [2.45, 2.75) is 19.9 Å². The zero-order chi connectivity index (χ0) is 6.85. The van der Waals surface area contributed by atoms with Crippen LogP contribution in [0.2, 0.25) is 0 Å². The second-order valence-corrected chi connectivity index (χ2v) is 1.97. The molecule has 0 aliphatic heterocycles. The second-order valence-electron chi connectivity index (χ2n) is 1.97. The lowest BCUT2D eigenvalue weighted by Crippen LogP contribution is -2.04. The summed E-state index contributed by atoms with van der Waals surface area (Å²) in [6, 6.07) is -0.161. The molecular weight excluding hydrogens is 118 g/mol. The largest absolute Gasteiger partial charge is 0.338 e. The SMILES string of the molecule is Cc1noc(C(C)N)n1. The summed E-state index contributed by atoms with van der Waals surface area (Å²) in [6.07, 6.45) is 0. The third kappa shape index (κ3) is 1.26. The fourth-order valence-electron chi connectivity index (χ4n) is 0.498. The Balaban J connectivity index is 2.85. The molecule has 0 aliphatic rings. The molecule has 9 heavy (non-hydrogen) atoms. The van der Waals surface area contributed by atoms with Crippen LogP contribution in [-0.2, 0) is 0 Å². The van der Waals surface area contributed by atoms with Gasteiger partial charge in [0.2, 0.25) is 5.89 Å². The second kappa shape index (κ2) is 2.14. The normalized spacial score (nSPS) is 13.7. The maximum atomic E-state index is 5.43. The third-order valence-electron chi connectivity index (χ3n) is 0.933. The lowest BCUT2D eigenvalue weighted by Gasteiger charge is -1.91. The molecule has 0 bridgehead atoms. The first-order valence-electron chi connectivity index (χ1n) is 2.76. The maximum absolute atomic E-state index is 5.43. The zero-order valence-electron chi connectivity index (χ0n) is 5.46. The Bertz CT molecular complexity index is 194. The van der Waals surface area contributed by atoms with Gasteiger partial charge in [0.15, 0.2) is 5.82 Å². The van der Waals surface area contributed by atoms with Crippen LogP contribution in [0.25, 0.3) is 0 Å². The Morgan fingerprint density at radius 3 is 2.56 bits per heavy atom. The van der Waals surface area contributed by atoms with Gasteiger partial charge in [0.25, 0.3) is 0 Å². The first-order valence-corrected chi connectivity index (χ1v) is 2.76. The molecule has 2 N–H and O–H groups in total. The predicted molar refractivity (Wildman–Crippen MR) is 31.6 cm³/mol. The summed E-state index contributed by atoms with van der Waals surface area (Å²) in [6.45, 7) is 3.56. The molecule has 1 aromatic rings. The molecule has 0 fully saturated rings. The highest BCUT2D eigenvalue weighted by atomic mass is 16.5. The lowest BCUT2D eigenvalue weighted by atomic mass is 10.4. The highest BCUT2D eigenvalue weighted by molar-refractivity contribution is 4.86. The molecule has 0 radical (unpaired) electrons. The van der Waals surface area contributed by atoms with E-state index in [1.165, 1.54) is 0 Å². The molecule has 4 nitrogen and oxygen atoms in total. The van der Waals surface area contributed by atoms with Gasteiger partial charge in [-0.25, -0.2) is 0 Å². The molecule has 1 heterocycles. The summed E-state index contributed by atoms with van der Waals surface area (Å²) in [5.41, 5.74) is 5.43. The highest BCUT2D eigenvalue weighted by Crippen LogP contribution is 2.03. The van der Waals surface area contributed by atoms with Crippen molar-refractivity contribution in [1.29, 1.82) is 0 Å². The minimum atomic E-state index is -0.161. The van der Waals surface area contributed by atoms with Gasteiger partial charge in [-0.05, 0) is 13.8 Å². The van der Waals surface area contributed by atoms with Crippen LogP contribution in [0.4, 0.5) is 0 Å². The van der Waals surface area contributed by atoms with Gasteiger partial charge in [0, 0.05) is 0 Å². The van der Waals surface area contributed by atoms with Crippen LogP contribution in [0.15, 0.2) is 4.52 Å². The Labute approximate surface area is 53.1 Å². The van der Waals surface area contributed by atoms with E-state index in [0.29, 0.717) is 11.7 Å². The van der Waals surface area contributed by atoms with E-state index in [4.69, 9.17) is 10.3 Å². The molecule has 50 valence electrons. The average molecular weight is 127 g/mol. The maximum Gasteiger partial charge on any atom is 0.243 e. The highest BCUT2D eigenvalue weighted by Gasteiger charge is 2.05. The molecule has 0 saturated carbocycles. The number of aryl methyl sites for hydroxylation is 1. The van der Waals surface area contributed by atoms with E-state index < -0.39 is 0 Å². The minimum Gasteiger partial charge on any atom is -0.338 e. The number of hydrogen-bond donors (Lipinski definition) is 1. The first-order chi connectivity index (χ1) is 4.20. The topological polar surface area (TPSA) is 64.9 Å². The van der Waals surface area contributed by atoms with Crippen molar-refractivity contribution in [2.24, 2.45) is 5.73 Å². The summed E-state index contributed by atoms with van der Waals surface area (Å²) in [5, 5.41) is 3.57. The van der Waals surface area contributed by atoms with Crippen molar-refractivity contribution in [1.82, 2.24) is 10.1 Å². The molecule has 1 rings (SSSR count). The summed E-state index contributed by atoms with van der Waals surface area (Å²) in [7, 11) is 0. The summed E-state index contributed by atoms with van der Waals surface area (Å²) >= 11 is 0. The van der Waals surface area contributed by atoms with E-state index in [1.807, 2.05) is 0 Å². The quantitative estimate of drug-likeness (QED) is 0.593. The Morgan fingerprint density at radius 1 is 1.67 bits per heavy atom. The fourth-order valence-corrected chi connectivity index (χ4v) is 0.498. The van der Waals surface area contributed by atoms with Crippen molar-refractivity contribution < 1.29 is 4.52 Å². The van der Waals surface area contributed by atoms with Gasteiger partial charge in [0.05, 0.1) is 6.04 Å². The standard InChI is InChI=1S/C5H9N3O/c1-3(6)5-7-4(2)8-9-5/h3H,6H2,1-2H3. The van der Waals surface area contributed by atoms with Crippen LogP contribution in [0.1, 0.15) is 24.7 Å². The van der Waals surface area contributed by atoms with Gasteiger partial charge in [0.1, 0.15) is 0 Å². The summed E-state index contributed by atoms with van der Waals surface area (Å²) in [5.74, 6) is 1.12.